The van der Waals surface area contributed by atoms with Crippen LogP contribution >= 0.6 is 0 Å². The van der Waals surface area contributed by atoms with Gasteiger partial charge in [-0.3, -0.25) is 5.10 Å². The van der Waals surface area contributed by atoms with E-state index in [-0.39, 0.29) is 0 Å². The van der Waals surface area contributed by atoms with Crippen molar-refractivity contribution >= 4 is 5.82 Å². The number of rotatable bonds is 3. The van der Waals surface area contributed by atoms with E-state index in [9.17, 15) is 5.11 Å². The summed E-state index contributed by atoms with van der Waals surface area (Å²) >= 11 is 0. The van der Waals surface area contributed by atoms with Gasteiger partial charge in [-0.2, -0.15) is 5.10 Å². The van der Waals surface area contributed by atoms with Crippen molar-refractivity contribution in [2.45, 2.75) is 12.5 Å². The molecule has 2 aromatic rings. The molecule has 0 aliphatic rings. The van der Waals surface area contributed by atoms with Crippen molar-refractivity contribution in [3.05, 3.63) is 41.9 Å². The number of anilines is 1. The van der Waals surface area contributed by atoms with Crippen LogP contribution in [0.2, 0.25) is 0 Å². The molecule has 2 rings (SSSR count). The highest BCUT2D eigenvalue weighted by Gasteiger charge is 2.09. The molecule has 1 atom stereocenters. The number of pyridine rings is 1. The first-order valence-electron chi connectivity index (χ1n) is 4.63. The van der Waals surface area contributed by atoms with Crippen molar-refractivity contribution in [2.24, 2.45) is 0 Å². The molecule has 0 amide bonds. The number of aromatic nitrogens is 3. The lowest BCUT2D eigenvalue weighted by molar-refractivity contribution is 0.178. The van der Waals surface area contributed by atoms with Gasteiger partial charge >= 0.3 is 0 Å². The summed E-state index contributed by atoms with van der Waals surface area (Å²) in [5, 5.41) is 16.3. The third kappa shape index (κ3) is 2.32. The van der Waals surface area contributed by atoms with Crippen molar-refractivity contribution in [3.8, 4) is 0 Å². The number of nitrogens with two attached hydrogens (primary N) is 1. The molecule has 0 aromatic carbocycles. The number of H-pyrrole nitrogens is 1. The Morgan fingerprint density at radius 2 is 2.40 bits per heavy atom. The number of nitrogen functional groups attached to an aromatic ring is 1. The van der Waals surface area contributed by atoms with Gasteiger partial charge in [0.1, 0.15) is 5.82 Å². The summed E-state index contributed by atoms with van der Waals surface area (Å²) in [7, 11) is 0. The summed E-state index contributed by atoms with van der Waals surface area (Å²) < 4.78 is 0. The van der Waals surface area contributed by atoms with Crippen LogP contribution in [-0.4, -0.2) is 20.3 Å². The lowest BCUT2D eigenvalue weighted by Crippen LogP contribution is -2.01. The molecule has 0 aliphatic carbocycles. The fourth-order valence-corrected chi connectivity index (χ4v) is 1.41. The van der Waals surface area contributed by atoms with E-state index >= 15 is 0 Å². The van der Waals surface area contributed by atoms with Gasteiger partial charge in [-0.1, -0.05) is 0 Å². The van der Waals surface area contributed by atoms with Crippen LogP contribution in [-0.2, 0) is 6.42 Å². The molecule has 0 saturated heterocycles. The lowest BCUT2D eigenvalue weighted by Gasteiger charge is -2.08. The molecule has 0 spiro atoms. The van der Waals surface area contributed by atoms with Crippen LogP contribution in [0.1, 0.15) is 17.2 Å². The van der Waals surface area contributed by atoms with Gasteiger partial charge in [0.25, 0.3) is 0 Å². The van der Waals surface area contributed by atoms with Crippen molar-refractivity contribution in [1.82, 2.24) is 15.2 Å². The number of aliphatic hydroxyl groups excluding tert-OH is 1. The molecule has 5 nitrogen and oxygen atoms in total. The minimum Gasteiger partial charge on any atom is -0.388 e. The number of aliphatic hydroxyl groups is 1. The van der Waals surface area contributed by atoms with Crippen molar-refractivity contribution in [2.75, 3.05) is 5.73 Å². The normalized spacial score (nSPS) is 12.6. The summed E-state index contributed by atoms with van der Waals surface area (Å²) in [6, 6.07) is 3.59. The Kier molecular flexibility index (Phi) is 2.64. The summed E-state index contributed by atoms with van der Waals surface area (Å²) in [5.74, 6) is 0.465. The quantitative estimate of drug-likeness (QED) is 0.685. The predicted octanol–water partition coefficient (Wildman–Crippen LogP) is 0.663. The van der Waals surface area contributed by atoms with Gasteiger partial charge in [0.05, 0.1) is 12.3 Å². The number of nitrogens with one attached hydrogen (secondary N) is 1. The topological polar surface area (TPSA) is 87.8 Å². The molecule has 0 radical (unpaired) electrons. The van der Waals surface area contributed by atoms with E-state index < -0.39 is 6.10 Å². The van der Waals surface area contributed by atoms with E-state index in [0.29, 0.717) is 12.2 Å². The van der Waals surface area contributed by atoms with E-state index in [0.717, 1.165) is 11.1 Å². The molecule has 2 heterocycles. The highest BCUT2D eigenvalue weighted by molar-refractivity contribution is 5.32. The standard InChI is InChI=1S/C10H12N4O/c11-10-4-7(1-2-12-10)3-9(15)8-5-13-14-6-8/h1-2,4-6,9,15H,3H2,(H2,11,12)(H,13,14). The Balaban J connectivity index is 2.09. The van der Waals surface area contributed by atoms with E-state index in [2.05, 4.69) is 15.2 Å². The highest BCUT2D eigenvalue weighted by atomic mass is 16.3. The lowest BCUT2D eigenvalue weighted by atomic mass is 10.1. The molecule has 78 valence electrons. The first kappa shape index (κ1) is 9.67. The van der Waals surface area contributed by atoms with E-state index in [1.54, 1.807) is 24.7 Å². The second-order valence-electron chi connectivity index (χ2n) is 3.34. The third-order valence-electron chi connectivity index (χ3n) is 2.18. The van der Waals surface area contributed by atoms with Gasteiger partial charge in [0.2, 0.25) is 0 Å². The molecule has 1 unspecified atom stereocenters. The minimum absolute atomic E-state index is 0.465. The second kappa shape index (κ2) is 4.10. The molecule has 0 aliphatic heterocycles. The summed E-state index contributed by atoms with van der Waals surface area (Å²) in [6.45, 7) is 0. The Morgan fingerprint density at radius 3 is 3.07 bits per heavy atom. The van der Waals surface area contributed by atoms with Crippen LogP contribution in [0.15, 0.2) is 30.7 Å². The molecule has 2 aromatic heterocycles. The first-order valence-corrected chi connectivity index (χ1v) is 4.63. The fraction of sp³-hybridized carbons (Fsp3) is 0.200. The second-order valence-corrected chi connectivity index (χ2v) is 3.34. The average molecular weight is 204 g/mol. The zero-order valence-corrected chi connectivity index (χ0v) is 8.09. The smallest absolute Gasteiger partial charge is 0.123 e. The van der Waals surface area contributed by atoms with Gasteiger partial charge in [-0.25, -0.2) is 4.98 Å². The van der Waals surface area contributed by atoms with Crippen LogP contribution in [0.25, 0.3) is 0 Å². The van der Waals surface area contributed by atoms with Crippen LogP contribution < -0.4 is 5.73 Å². The van der Waals surface area contributed by atoms with Crippen molar-refractivity contribution < 1.29 is 5.11 Å². The molecule has 0 fully saturated rings. The average Bonchev–Trinajstić information content (AvgIpc) is 2.70. The molecule has 0 bridgehead atoms. The first-order chi connectivity index (χ1) is 7.25. The maximum absolute atomic E-state index is 9.83. The molecule has 4 N–H and O–H groups in total. The largest absolute Gasteiger partial charge is 0.388 e. The maximum atomic E-state index is 9.83. The Labute approximate surface area is 87.0 Å². The summed E-state index contributed by atoms with van der Waals surface area (Å²) in [5.41, 5.74) is 7.27. The molecular weight excluding hydrogens is 192 g/mol. The molecule has 5 heteroatoms. The zero-order valence-electron chi connectivity index (χ0n) is 8.09. The number of hydrogen-bond donors (Lipinski definition) is 3. The third-order valence-corrected chi connectivity index (χ3v) is 2.18. The molecule has 15 heavy (non-hydrogen) atoms. The fourth-order valence-electron chi connectivity index (χ4n) is 1.41. The minimum atomic E-state index is -0.564. The van der Waals surface area contributed by atoms with E-state index in [1.165, 1.54) is 0 Å². The SMILES string of the molecule is Nc1cc(CC(O)c2cn[nH]c2)ccn1. The Morgan fingerprint density at radius 1 is 1.53 bits per heavy atom. The summed E-state index contributed by atoms with van der Waals surface area (Å²) in [6.07, 6.45) is 4.86. The van der Waals surface area contributed by atoms with Crippen molar-refractivity contribution in [3.63, 3.8) is 0 Å². The Bertz CT molecular complexity index is 427. The van der Waals surface area contributed by atoms with Gasteiger partial charge in [0.15, 0.2) is 0 Å². The van der Waals surface area contributed by atoms with Crippen LogP contribution in [0.3, 0.4) is 0 Å². The van der Waals surface area contributed by atoms with Gasteiger partial charge in [0, 0.05) is 24.4 Å². The number of aromatic amines is 1. The van der Waals surface area contributed by atoms with Crippen molar-refractivity contribution in [1.29, 1.82) is 0 Å². The Hall–Kier alpha value is -1.88. The van der Waals surface area contributed by atoms with Crippen LogP contribution in [0.4, 0.5) is 5.82 Å². The van der Waals surface area contributed by atoms with Gasteiger partial charge < -0.3 is 10.8 Å². The van der Waals surface area contributed by atoms with Crippen LogP contribution in [0, 0.1) is 0 Å². The highest BCUT2D eigenvalue weighted by Crippen LogP contribution is 2.17. The predicted molar refractivity (Wildman–Crippen MR) is 55.9 cm³/mol. The number of hydrogen-bond acceptors (Lipinski definition) is 4. The van der Waals surface area contributed by atoms with Gasteiger partial charge in [-0.15, -0.1) is 0 Å². The van der Waals surface area contributed by atoms with E-state index in [1.807, 2.05) is 6.07 Å². The summed E-state index contributed by atoms with van der Waals surface area (Å²) in [4.78, 5) is 3.89. The molecule has 0 saturated carbocycles. The number of nitrogens with zero attached hydrogens (tertiary/aromatic N) is 2. The van der Waals surface area contributed by atoms with Gasteiger partial charge in [-0.05, 0) is 17.7 Å². The maximum Gasteiger partial charge on any atom is 0.123 e. The zero-order chi connectivity index (χ0) is 10.7. The monoisotopic (exact) mass is 204 g/mol. The van der Waals surface area contributed by atoms with E-state index in [4.69, 9.17) is 5.73 Å². The molecular formula is C10H12N4O. The van der Waals surface area contributed by atoms with Crippen LogP contribution in [0.5, 0.6) is 0 Å².